The second-order valence-electron chi connectivity index (χ2n) is 17.1. The maximum absolute atomic E-state index is 13.7. The quantitative estimate of drug-likeness (QED) is 0.0382. The lowest BCUT2D eigenvalue weighted by molar-refractivity contribution is -0.135. The standard InChI is InChI=1S/C47H57BrN11O7P/c1-6-28-24-35(54-46-51-27-33(48)43(56-46)53-34-13-12-31-32(42(34)67(4,5)64)26-52-58(7-2)45(31)62)39(65-8-3)25-38(28)57-22-17-30(18-23-57)50-21-20-49-19-16-29-10-9-11-36-41(29)66-47(63)59(36)37-14-15-40(60)55-44(37)61/h9-13,24-27,30,37,49-50H,6-8,14-23H2,1-5H3,(H,55,60,61)(H2,51,53,54,56). The molecular formula is C47H57BrN11O7P. The highest BCUT2D eigenvalue weighted by Crippen LogP contribution is 2.42. The molecule has 0 radical (unpaired) electrons. The molecule has 2 aliphatic heterocycles. The van der Waals surface area contributed by atoms with Crippen molar-refractivity contribution in [2.45, 2.75) is 77.9 Å². The third kappa shape index (κ3) is 10.3. The summed E-state index contributed by atoms with van der Waals surface area (Å²) in [7, 11) is -2.91. The molecule has 354 valence electrons. The smallest absolute Gasteiger partial charge is 0.420 e. The van der Waals surface area contributed by atoms with E-state index < -0.39 is 24.8 Å². The minimum absolute atomic E-state index is 0.174. The predicted molar refractivity (Wildman–Crippen MR) is 266 cm³/mol. The Labute approximate surface area is 396 Å². The fourth-order valence-corrected chi connectivity index (χ4v) is 10.8. The Balaban J connectivity index is 0.872. The Kier molecular flexibility index (Phi) is 14.6. The van der Waals surface area contributed by atoms with Crippen LogP contribution in [0.1, 0.15) is 63.6 Å². The van der Waals surface area contributed by atoms with Gasteiger partial charge in [-0.05, 0) is 117 Å². The fraction of sp³-hybridized carbons (Fsp3) is 0.426. The zero-order chi connectivity index (χ0) is 47.4. The number of aryl methyl sites for hydroxylation is 2. The van der Waals surface area contributed by atoms with Gasteiger partial charge in [-0.25, -0.2) is 14.5 Å². The van der Waals surface area contributed by atoms with Crippen molar-refractivity contribution in [1.29, 1.82) is 0 Å². The number of ether oxygens (including phenoxy) is 1. The summed E-state index contributed by atoms with van der Waals surface area (Å²) in [5.74, 6) is 0.0526. The van der Waals surface area contributed by atoms with E-state index in [0.29, 0.717) is 87.0 Å². The van der Waals surface area contributed by atoms with Crippen LogP contribution in [0.5, 0.6) is 5.75 Å². The molecule has 3 aromatic heterocycles. The van der Waals surface area contributed by atoms with Gasteiger partial charge in [-0.15, -0.1) is 0 Å². The van der Waals surface area contributed by atoms with E-state index in [-0.39, 0.29) is 24.3 Å². The zero-order valence-corrected chi connectivity index (χ0v) is 40.9. The van der Waals surface area contributed by atoms with Crippen LogP contribution in [-0.2, 0) is 33.5 Å². The van der Waals surface area contributed by atoms with Gasteiger partial charge in [-0.1, -0.05) is 19.1 Å². The Morgan fingerprint density at radius 3 is 2.46 bits per heavy atom. The minimum Gasteiger partial charge on any atom is -0.492 e. The van der Waals surface area contributed by atoms with Crippen LogP contribution < -0.4 is 52.8 Å². The molecule has 1 unspecified atom stereocenters. The molecule has 5 N–H and O–H groups in total. The number of fused-ring (bicyclic) bond motifs is 2. The van der Waals surface area contributed by atoms with Crippen LogP contribution in [-0.4, -0.2) is 94.8 Å². The van der Waals surface area contributed by atoms with Crippen LogP contribution in [0, 0.1) is 0 Å². The maximum Gasteiger partial charge on any atom is 0.420 e. The third-order valence-electron chi connectivity index (χ3n) is 12.3. The number of halogens is 1. The first-order chi connectivity index (χ1) is 32.3. The number of rotatable bonds is 18. The highest BCUT2D eigenvalue weighted by Gasteiger charge is 2.32. The summed E-state index contributed by atoms with van der Waals surface area (Å²) in [4.78, 5) is 61.9. The maximum atomic E-state index is 13.7. The number of hydrogen-bond donors (Lipinski definition) is 5. The average Bonchev–Trinajstić information content (AvgIpc) is 3.64. The number of aromatic nitrogens is 5. The fourth-order valence-electron chi connectivity index (χ4n) is 9.05. The summed E-state index contributed by atoms with van der Waals surface area (Å²) in [6, 6.07) is 12.9. The first kappa shape index (κ1) is 47.6. The summed E-state index contributed by atoms with van der Waals surface area (Å²) >= 11 is 3.59. The molecule has 2 aliphatic rings. The second-order valence-corrected chi connectivity index (χ2v) is 21.1. The number of anilines is 5. The molecule has 18 nitrogen and oxygen atoms in total. The SMILES string of the molecule is CCOc1cc(N2CCC(NCCNCCc3cccc4c3oc(=O)n4C3CCC(=O)NC3=O)CC2)c(CC)cc1Nc1ncc(Br)c(Nc2ccc3c(=O)n(CC)ncc3c2P(C)(C)=O)n1. The second kappa shape index (κ2) is 20.6. The number of piperidine rings is 2. The molecule has 6 aromatic rings. The van der Waals surface area contributed by atoms with Gasteiger partial charge in [0.15, 0.2) is 5.58 Å². The van der Waals surface area contributed by atoms with Crippen molar-refractivity contribution in [1.82, 2.24) is 40.3 Å². The van der Waals surface area contributed by atoms with Crippen LogP contribution in [0.15, 0.2) is 73.3 Å². The summed E-state index contributed by atoms with van der Waals surface area (Å²) in [5.41, 5.74) is 5.28. The van der Waals surface area contributed by atoms with Gasteiger partial charge < -0.3 is 39.9 Å². The Hall–Kier alpha value is -5.88. The van der Waals surface area contributed by atoms with E-state index in [0.717, 1.165) is 67.9 Å². The number of nitrogens with zero attached hydrogens (tertiary/aromatic N) is 6. The number of benzene rings is 3. The number of oxazole rings is 1. The molecule has 2 amide bonds. The molecular weight excluding hydrogens is 941 g/mol. The minimum atomic E-state index is -2.91. The molecule has 67 heavy (non-hydrogen) atoms. The van der Waals surface area contributed by atoms with E-state index in [4.69, 9.17) is 14.1 Å². The van der Waals surface area contributed by atoms with E-state index in [9.17, 15) is 23.7 Å². The van der Waals surface area contributed by atoms with Gasteiger partial charge in [0.2, 0.25) is 17.8 Å². The number of hydrogen-bond acceptors (Lipinski definition) is 15. The first-order valence-corrected chi connectivity index (χ1v) is 26.3. The van der Waals surface area contributed by atoms with Gasteiger partial charge in [-0.2, -0.15) is 10.1 Å². The van der Waals surface area contributed by atoms with Crippen molar-refractivity contribution in [2.24, 2.45) is 0 Å². The van der Waals surface area contributed by atoms with Crippen LogP contribution in [0.4, 0.5) is 28.8 Å². The Morgan fingerprint density at radius 1 is 0.925 bits per heavy atom. The van der Waals surface area contributed by atoms with Crippen LogP contribution in [0.3, 0.4) is 0 Å². The summed E-state index contributed by atoms with van der Waals surface area (Å²) in [6.07, 6.45) is 7.11. The van der Waals surface area contributed by atoms with E-state index in [1.54, 1.807) is 43.9 Å². The lowest BCUT2D eigenvalue weighted by Gasteiger charge is -2.35. The van der Waals surface area contributed by atoms with Crippen LogP contribution >= 0.6 is 23.1 Å². The number of amides is 2. The lowest BCUT2D eigenvalue weighted by Crippen LogP contribution is -2.44. The van der Waals surface area contributed by atoms with Crippen molar-refractivity contribution in [3.63, 3.8) is 0 Å². The van der Waals surface area contributed by atoms with Crippen molar-refractivity contribution in [3.8, 4) is 5.75 Å². The molecule has 2 saturated heterocycles. The number of carbonyl (C=O) groups excluding carboxylic acids is 2. The van der Waals surface area contributed by atoms with Crippen molar-refractivity contribution in [3.05, 3.63) is 91.4 Å². The third-order valence-corrected chi connectivity index (χ3v) is 14.5. The first-order valence-electron chi connectivity index (χ1n) is 22.9. The molecule has 0 bridgehead atoms. The molecule has 1 atom stereocenters. The zero-order valence-electron chi connectivity index (χ0n) is 38.4. The Morgan fingerprint density at radius 2 is 1.73 bits per heavy atom. The van der Waals surface area contributed by atoms with Crippen LogP contribution in [0.2, 0.25) is 0 Å². The number of imide groups is 1. The molecule has 3 aromatic carbocycles. The van der Waals surface area contributed by atoms with Gasteiger partial charge in [0.05, 0.1) is 39.6 Å². The largest absolute Gasteiger partial charge is 0.492 e. The van der Waals surface area contributed by atoms with Crippen molar-refractivity contribution in [2.75, 3.05) is 68.2 Å². The highest BCUT2D eigenvalue weighted by molar-refractivity contribution is 9.10. The normalized spacial score (nSPS) is 15.9. The van der Waals surface area contributed by atoms with Gasteiger partial charge >= 0.3 is 5.76 Å². The summed E-state index contributed by atoms with van der Waals surface area (Å²) < 4.78 is 28.9. The molecule has 2 fully saturated rings. The Bertz CT molecular complexity index is 2990. The van der Waals surface area contributed by atoms with E-state index in [1.165, 1.54) is 9.25 Å². The summed E-state index contributed by atoms with van der Waals surface area (Å²) in [6.45, 7) is 14.2. The molecule has 0 spiro atoms. The van der Waals surface area contributed by atoms with E-state index in [2.05, 4.69) is 76.6 Å². The lowest BCUT2D eigenvalue weighted by atomic mass is 10.0. The number of nitrogens with one attached hydrogen (secondary N) is 5. The average molecular weight is 999 g/mol. The monoisotopic (exact) mass is 997 g/mol. The topological polar surface area (TPSA) is 220 Å². The highest BCUT2D eigenvalue weighted by atomic mass is 79.9. The molecule has 8 rings (SSSR count). The van der Waals surface area contributed by atoms with Crippen molar-refractivity contribution < 1.29 is 23.3 Å². The van der Waals surface area contributed by atoms with E-state index >= 15 is 0 Å². The molecule has 5 heterocycles. The molecule has 0 saturated carbocycles. The van der Waals surface area contributed by atoms with Gasteiger partial charge in [0.25, 0.3) is 5.56 Å². The van der Waals surface area contributed by atoms with Crippen molar-refractivity contribution >= 4 is 90.9 Å². The number of para-hydroxylation sites is 1. The van der Waals surface area contributed by atoms with Gasteiger partial charge in [-0.3, -0.25) is 24.3 Å². The molecule has 0 aliphatic carbocycles. The van der Waals surface area contributed by atoms with Crippen LogP contribution in [0.25, 0.3) is 21.9 Å². The van der Waals surface area contributed by atoms with E-state index in [1.807, 2.05) is 26.0 Å². The predicted octanol–water partition coefficient (Wildman–Crippen LogP) is 5.94. The van der Waals surface area contributed by atoms with Gasteiger partial charge in [0.1, 0.15) is 24.8 Å². The number of carbonyl (C=O) groups is 2. The molecule has 20 heteroatoms. The van der Waals surface area contributed by atoms with Gasteiger partial charge in [0, 0.05) is 73.8 Å². The summed E-state index contributed by atoms with van der Waals surface area (Å²) in [5, 5.41) is 22.1.